The van der Waals surface area contributed by atoms with Crippen molar-refractivity contribution in [2.24, 2.45) is 0 Å². The Bertz CT molecular complexity index is 238. The van der Waals surface area contributed by atoms with Gasteiger partial charge in [-0.2, -0.15) is 0 Å². The van der Waals surface area contributed by atoms with Crippen LogP contribution in [0.5, 0.6) is 0 Å². The molecule has 1 saturated carbocycles. The predicted octanol–water partition coefficient (Wildman–Crippen LogP) is 3.02. The topological polar surface area (TPSA) is 0 Å². The molecule has 1 aromatic carbocycles. The van der Waals surface area contributed by atoms with Gasteiger partial charge in [0.2, 0.25) is 0 Å². The van der Waals surface area contributed by atoms with Crippen LogP contribution in [0.4, 0.5) is 0 Å². The molecular weight excluding hydrogens is 144 g/mol. The number of benzene rings is 1. The largest absolute Gasteiger partial charge is 0.0840 e. The lowest BCUT2D eigenvalue weighted by molar-refractivity contribution is 1.13. The molecule has 0 saturated heterocycles. The van der Waals surface area contributed by atoms with Crippen molar-refractivity contribution in [1.82, 2.24) is 0 Å². The van der Waals surface area contributed by atoms with Crippen LogP contribution in [0.2, 0.25) is 5.02 Å². The number of hydrogen-bond acceptors (Lipinski definition) is 0. The molecule has 1 aliphatic rings. The summed E-state index contributed by atoms with van der Waals surface area (Å²) in [5.74, 6) is 0.716. The van der Waals surface area contributed by atoms with Gasteiger partial charge in [-0.25, -0.2) is 0 Å². The summed E-state index contributed by atoms with van der Waals surface area (Å²) in [7, 11) is 0. The van der Waals surface area contributed by atoms with Crippen molar-refractivity contribution in [3.05, 3.63) is 34.9 Å². The highest BCUT2D eigenvalue weighted by atomic mass is 35.5. The Morgan fingerprint density at radius 1 is 1.50 bits per heavy atom. The predicted molar refractivity (Wildman–Crippen MR) is 42.3 cm³/mol. The summed E-state index contributed by atoms with van der Waals surface area (Å²) in [4.78, 5) is 0. The summed E-state index contributed by atoms with van der Waals surface area (Å²) in [5.41, 5.74) is 1.21. The van der Waals surface area contributed by atoms with Gasteiger partial charge in [0, 0.05) is 5.02 Å². The molecule has 0 heterocycles. The molecule has 1 heteroatoms. The van der Waals surface area contributed by atoms with Crippen LogP contribution >= 0.6 is 11.6 Å². The lowest BCUT2D eigenvalue weighted by Crippen LogP contribution is -1.78. The first kappa shape index (κ1) is 6.23. The molecule has 0 spiro atoms. The highest BCUT2D eigenvalue weighted by Crippen LogP contribution is 2.42. The van der Waals surface area contributed by atoms with E-state index >= 15 is 0 Å². The van der Waals surface area contributed by atoms with E-state index in [2.05, 4.69) is 6.07 Å². The normalized spacial score (nSPS) is 17.3. The summed E-state index contributed by atoms with van der Waals surface area (Å²) < 4.78 is 0. The van der Waals surface area contributed by atoms with E-state index < -0.39 is 0 Å². The highest BCUT2D eigenvalue weighted by Gasteiger charge is 2.25. The average Bonchev–Trinajstić information content (AvgIpc) is 2.71. The molecule has 1 fully saturated rings. The van der Waals surface area contributed by atoms with Crippen molar-refractivity contribution in [3.8, 4) is 0 Å². The van der Waals surface area contributed by atoms with Crippen molar-refractivity contribution < 1.29 is 0 Å². The maximum atomic E-state index is 5.93. The van der Waals surface area contributed by atoms with Gasteiger partial charge in [-0.05, 0) is 36.5 Å². The highest BCUT2D eigenvalue weighted by molar-refractivity contribution is 6.31. The van der Waals surface area contributed by atoms with Gasteiger partial charge in [-0.15, -0.1) is 0 Å². The molecule has 51 valence electrons. The minimum atomic E-state index is 0.716. The Morgan fingerprint density at radius 3 is 2.90 bits per heavy atom. The number of rotatable bonds is 1. The molecule has 0 aromatic heterocycles. The standard InChI is InChI=1S/C9H8Cl/c10-9-4-2-1-3-8(9)7-5-6-7/h1-2,4,7H,5-6H2. The smallest absolute Gasteiger partial charge is 0.0447 e. The molecule has 0 nitrogen and oxygen atoms in total. The van der Waals surface area contributed by atoms with Gasteiger partial charge in [-0.1, -0.05) is 23.7 Å². The second-order valence-electron chi connectivity index (χ2n) is 2.71. The van der Waals surface area contributed by atoms with E-state index in [-0.39, 0.29) is 0 Å². The second kappa shape index (κ2) is 2.28. The van der Waals surface area contributed by atoms with Crippen molar-refractivity contribution in [1.29, 1.82) is 0 Å². The van der Waals surface area contributed by atoms with Crippen molar-refractivity contribution in [2.45, 2.75) is 18.8 Å². The van der Waals surface area contributed by atoms with Gasteiger partial charge in [0.1, 0.15) is 0 Å². The minimum Gasteiger partial charge on any atom is -0.0840 e. The quantitative estimate of drug-likeness (QED) is 0.579. The summed E-state index contributed by atoms with van der Waals surface area (Å²) in [6, 6.07) is 8.96. The first-order valence-corrected chi connectivity index (χ1v) is 3.92. The van der Waals surface area contributed by atoms with Crippen molar-refractivity contribution in [2.75, 3.05) is 0 Å². The van der Waals surface area contributed by atoms with Gasteiger partial charge >= 0.3 is 0 Å². The Kier molecular flexibility index (Phi) is 1.42. The van der Waals surface area contributed by atoms with Gasteiger partial charge in [-0.3, -0.25) is 0 Å². The Morgan fingerprint density at radius 2 is 2.30 bits per heavy atom. The van der Waals surface area contributed by atoms with E-state index in [1.54, 1.807) is 0 Å². The Labute approximate surface area is 65.8 Å². The van der Waals surface area contributed by atoms with E-state index in [1.165, 1.54) is 18.4 Å². The van der Waals surface area contributed by atoms with Gasteiger partial charge in [0.15, 0.2) is 0 Å². The molecule has 10 heavy (non-hydrogen) atoms. The van der Waals surface area contributed by atoms with Crippen LogP contribution in [0, 0.1) is 6.07 Å². The summed E-state index contributed by atoms with van der Waals surface area (Å²) in [6.45, 7) is 0. The summed E-state index contributed by atoms with van der Waals surface area (Å²) in [6.07, 6.45) is 2.58. The first-order valence-electron chi connectivity index (χ1n) is 3.54. The zero-order valence-electron chi connectivity index (χ0n) is 5.60. The molecule has 0 aliphatic heterocycles. The third-order valence-electron chi connectivity index (χ3n) is 1.82. The van der Waals surface area contributed by atoms with Crippen molar-refractivity contribution >= 4 is 11.6 Å². The molecule has 1 aliphatic carbocycles. The molecule has 0 N–H and O–H groups in total. The SMILES string of the molecule is Clc1ccc[c]c1C1CC1. The van der Waals surface area contributed by atoms with E-state index in [1.807, 2.05) is 18.2 Å². The molecule has 1 radical (unpaired) electrons. The fraction of sp³-hybridized carbons (Fsp3) is 0.333. The van der Waals surface area contributed by atoms with Gasteiger partial charge in [0.25, 0.3) is 0 Å². The maximum Gasteiger partial charge on any atom is 0.0447 e. The van der Waals surface area contributed by atoms with E-state index in [0.29, 0.717) is 5.92 Å². The zero-order chi connectivity index (χ0) is 6.97. The van der Waals surface area contributed by atoms with Crippen LogP contribution in [-0.4, -0.2) is 0 Å². The van der Waals surface area contributed by atoms with E-state index in [4.69, 9.17) is 11.6 Å². The first-order chi connectivity index (χ1) is 4.88. The fourth-order valence-corrected chi connectivity index (χ4v) is 1.40. The monoisotopic (exact) mass is 151 g/mol. The Hall–Kier alpha value is -0.490. The zero-order valence-corrected chi connectivity index (χ0v) is 6.36. The summed E-state index contributed by atoms with van der Waals surface area (Å²) >= 11 is 5.93. The fourth-order valence-electron chi connectivity index (χ4n) is 1.11. The lowest BCUT2D eigenvalue weighted by Gasteiger charge is -1.97. The molecular formula is C9H8Cl. The number of halogens is 1. The van der Waals surface area contributed by atoms with Crippen LogP contribution in [0.15, 0.2) is 18.2 Å². The molecule has 1 aromatic rings. The van der Waals surface area contributed by atoms with E-state index in [9.17, 15) is 0 Å². The van der Waals surface area contributed by atoms with Crippen LogP contribution in [0.3, 0.4) is 0 Å². The second-order valence-corrected chi connectivity index (χ2v) is 3.11. The lowest BCUT2D eigenvalue weighted by atomic mass is 10.1. The molecule has 0 unspecified atom stereocenters. The molecule has 0 bridgehead atoms. The van der Waals surface area contributed by atoms with Crippen LogP contribution in [-0.2, 0) is 0 Å². The van der Waals surface area contributed by atoms with Gasteiger partial charge in [0.05, 0.1) is 0 Å². The Balaban J connectivity index is 2.39. The van der Waals surface area contributed by atoms with Crippen LogP contribution in [0.1, 0.15) is 24.3 Å². The maximum absolute atomic E-state index is 5.93. The molecule has 0 amide bonds. The third-order valence-corrected chi connectivity index (χ3v) is 2.15. The average molecular weight is 152 g/mol. The molecule has 0 atom stereocenters. The van der Waals surface area contributed by atoms with Crippen LogP contribution < -0.4 is 0 Å². The third kappa shape index (κ3) is 1.04. The summed E-state index contributed by atoms with van der Waals surface area (Å²) in [5, 5.41) is 0.880. The van der Waals surface area contributed by atoms with E-state index in [0.717, 1.165) is 5.02 Å². The minimum absolute atomic E-state index is 0.716. The van der Waals surface area contributed by atoms with Crippen molar-refractivity contribution in [3.63, 3.8) is 0 Å². The molecule has 2 rings (SSSR count). The van der Waals surface area contributed by atoms with Gasteiger partial charge < -0.3 is 0 Å². The number of hydrogen-bond donors (Lipinski definition) is 0. The van der Waals surface area contributed by atoms with Crippen LogP contribution in [0.25, 0.3) is 0 Å².